The van der Waals surface area contributed by atoms with Crippen molar-refractivity contribution in [3.63, 3.8) is 0 Å². The molecule has 164 valence electrons. The highest BCUT2D eigenvalue weighted by Gasteiger charge is 2.31. The van der Waals surface area contributed by atoms with Crippen LogP contribution < -0.4 is 4.72 Å². The van der Waals surface area contributed by atoms with Crippen LogP contribution in [0.5, 0.6) is 0 Å². The second-order valence-electron chi connectivity index (χ2n) is 7.70. The van der Waals surface area contributed by atoms with Crippen molar-refractivity contribution < 1.29 is 27.6 Å². The molecule has 0 amide bonds. The first-order chi connectivity index (χ1) is 14.8. The standard InChI is InChI=1S/C21H23BClNO6S/c23-16-8-7-14(18(11-16)20-6-3-9-29-20)13-31(27,28)24-21(22(25)26)10-15-12-30-19-5-2-1-4-17(15)19/h1-2,4-5,7-8,11-12,20-21,24-26H,3,6,9-10,13H2/t20?,21-/m0/s1. The van der Waals surface area contributed by atoms with Crippen LogP contribution in [0.4, 0.5) is 0 Å². The Morgan fingerprint density at radius 2 is 2.00 bits per heavy atom. The Kier molecular flexibility index (Phi) is 6.71. The molecule has 1 saturated heterocycles. The van der Waals surface area contributed by atoms with Crippen LogP contribution in [0.1, 0.15) is 35.6 Å². The molecule has 2 heterocycles. The van der Waals surface area contributed by atoms with E-state index in [9.17, 15) is 18.5 Å². The van der Waals surface area contributed by atoms with Crippen molar-refractivity contribution in [2.75, 3.05) is 6.61 Å². The first-order valence-corrected chi connectivity index (χ1v) is 12.1. The quantitative estimate of drug-likeness (QED) is 0.443. The van der Waals surface area contributed by atoms with E-state index in [2.05, 4.69) is 4.72 Å². The molecule has 4 rings (SSSR count). The molecule has 1 aliphatic rings. The molecule has 0 saturated carbocycles. The summed E-state index contributed by atoms with van der Waals surface area (Å²) in [5.41, 5.74) is 2.65. The Bertz CT molecular complexity index is 1160. The highest BCUT2D eigenvalue weighted by molar-refractivity contribution is 7.88. The first kappa shape index (κ1) is 22.3. The Morgan fingerprint density at radius 1 is 1.19 bits per heavy atom. The molecule has 0 bridgehead atoms. The second-order valence-corrected chi connectivity index (χ2v) is 9.89. The largest absolute Gasteiger partial charge is 0.471 e. The minimum Gasteiger partial charge on any atom is -0.464 e. The minimum atomic E-state index is -3.90. The number of benzene rings is 2. The van der Waals surface area contributed by atoms with Gasteiger partial charge in [0.25, 0.3) is 0 Å². The van der Waals surface area contributed by atoms with Gasteiger partial charge in [0.05, 0.1) is 24.1 Å². The van der Waals surface area contributed by atoms with Crippen molar-refractivity contribution in [2.24, 2.45) is 0 Å². The Hall–Kier alpha value is -1.88. The smallest absolute Gasteiger partial charge is 0.464 e. The maximum absolute atomic E-state index is 12.9. The number of fused-ring (bicyclic) bond motifs is 1. The summed E-state index contributed by atoms with van der Waals surface area (Å²) < 4.78 is 39.5. The molecule has 0 aliphatic carbocycles. The maximum atomic E-state index is 12.9. The fourth-order valence-electron chi connectivity index (χ4n) is 3.93. The third kappa shape index (κ3) is 5.31. The third-order valence-corrected chi connectivity index (χ3v) is 7.01. The molecule has 1 aliphatic heterocycles. The van der Waals surface area contributed by atoms with Crippen LogP contribution in [0, 0.1) is 0 Å². The van der Waals surface area contributed by atoms with E-state index in [0.29, 0.717) is 28.3 Å². The highest BCUT2D eigenvalue weighted by atomic mass is 35.5. The topological polar surface area (TPSA) is 109 Å². The normalized spacial score (nSPS) is 17.8. The zero-order chi connectivity index (χ0) is 22.0. The fourth-order valence-corrected chi connectivity index (χ4v) is 5.54. The van der Waals surface area contributed by atoms with Crippen LogP contribution in [0.2, 0.25) is 5.02 Å². The van der Waals surface area contributed by atoms with E-state index in [1.165, 1.54) is 6.26 Å². The van der Waals surface area contributed by atoms with Crippen molar-refractivity contribution in [2.45, 2.75) is 37.1 Å². The summed E-state index contributed by atoms with van der Waals surface area (Å²) in [4.78, 5) is 0. The molecule has 31 heavy (non-hydrogen) atoms. The Balaban J connectivity index is 1.54. The number of para-hydroxylation sites is 1. The molecule has 3 N–H and O–H groups in total. The molecular formula is C21H23BClNO6S. The van der Waals surface area contributed by atoms with E-state index < -0.39 is 23.1 Å². The molecular weight excluding hydrogens is 441 g/mol. The van der Waals surface area contributed by atoms with Gasteiger partial charge in [-0.05, 0) is 54.2 Å². The SMILES string of the molecule is O=S(=O)(Cc1ccc(Cl)cc1C1CCCO1)N[C@@H](Cc1coc2ccccc12)B(O)O. The van der Waals surface area contributed by atoms with Gasteiger partial charge in [-0.25, -0.2) is 13.1 Å². The predicted molar refractivity (Wildman–Crippen MR) is 119 cm³/mol. The molecule has 1 fully saturated rings. The maximum Gasteiger partial charge on any atom is 0.471 e. The molecule has 2 atom stereocenters. The number of rotatable bonds is 8. The summed E-state index contributed by atoms with van der Waals surface area (Å²) in [6, 6.07) is 12.3. The van der Waals surface area contributed by atoms with Gasteiger partial charge in [0.15, 0.2) is 0 Å². The van der Waals surface area contributed by atoms with Crippen LogP contribution in [0.3, 0.4) is 0 Å². The minimum absolute atomic E-state index is 0.0626. The zero-order valence-corrected chi connectivity index (χ0v) is 18.3. The fraction of sp³-hybridized carbons (Fsp3) is 0.333. The van der Waals surface area contributed by atoms with Crippen molar-refractivity contribution in [1.29, 1.82) is 0 Å². The third-order valence-electron chi connectivity index (χ3n) is 5.42. The van der Waals surface area contributed by atoms with E-state index in [4.69, 9.17) is 20.8 Å². The van der Waals surface area contributed by atoms with Crippen LogP contribution in [-0.4, -0.2) is 38.1 Å². The summed E-state index contributed by atoms with van der Waals surface area (Å²) in [6.45, 7) is 0.624. The average molecular weight is 464 g/mol. The number of ether oxygens (including phenoxy) is 1. The summed E-state index contributed by atoms with van der Waals surface area (Å²) in [5.74, 6) is -1.46. The van der Waals surface area contributed by atoms with Gasteiger partial charge in [0.1, 0.15) is 5.58 Å². The van der Waals surface area contributed by atoms with Crippen molar-refractivity contribution in [3.8, 4) is 0 Å². The molecule has 1 unspecified atom stereocenters. The molecule has 10 heteroatoms. The summed E-state index contributed by atoms with van der Waals surface area (Å²) in [5, 5.41) is 21.0. The number of nitrogens with one attached hydrogen (secondary N) is 1. The molecule has 3 aromatic rings. The molecule has 0 radical (unpaired) electrons. The van der Waals surface area contributed by atoms with Crippen LogP contribution >= 0.6 is 11.6 Å². The average Bonchev–Trinajstić information content (AvgIpc) is 3.39. The van der Waals surface area contributed by atoms with Crippen LogP contribution in [0.25, 0.3) is 11.0 Å². The summed E-state index contributed by atoms with van der Waals surface area (Å²) >= 11 is 6.12. The lowest BCUT2D eigenvalue weighted by molar-refractivity contribution is 0.111. The number of hydrogen-bond donors (Lipinski definition) is 3. The highest BCUT2D eigenvalue weighted by Crippen LogP contribution is 2.33. The molecule has 0 spiro atoms. The van der Waals surface area contributed by atoms with E-state index in [1.54, 1.807) is 24.3 Å². The number of halogens is 1. The number of hydrogen-bond acceptors (Lipinski definition) is 6. The number of sulfonamides is 1. The zero-order valence-electron chi connectivity index (χ0n) is 16.7. The van der Waals surface area contributed by atoms with Gasteiger partial charge in [0.2, 0.25) is 10.0 Å². The van der Waals surface area contributed by atoms with Gasteiger partial charge < -0.3 is 19.2 Å². The Labute approximate surface area is 186 Å². The van der Waals surface area contributed by atoms with Gasteiger partial charge >= 0.3 is 7.12 Å². The van der Waals surface area contributed by atoms with Gasteiger partial charge in [-0.3, -0.25) is 0 Å². The first-order valence-electron chi connectivity index (χ1n) is 10.0. The lowest BCUT2D eigenvalue weighted by Gasteiger charge is -2.20. The van der Waals surface area contributed by atoms with Crippen molar-refractivity contribution >= 4 is 39.7 Å². The van der Waals surface area contributed by atoms with Gasteiger partial charge in [-0.2, -0.15) is 0 Å². The van der Waals surface area contributed by atoms with Gasteiger partial charge in [-0.15, -0.1) is 0 Å². The predicted octanol–water partition coefficient (Wildman–Crippen LogP) is 2.98. The lowest BCUT2D eigenvalue weighted by atomic mass is 9.77. The van der Waals surface area contributed by atoms with Crippen LogP contribution in [-0.2, 0) is 26.9 Å². The lowest BCUT2D eigenvalue weighted by Crippen LogP contribution is -2.48. The van der Waals surface area contributed by atoms with E-state index in [-0.39, 0.29) is 18.3 Å². The molecule has 7 nitrogen and oxygen atoms in total. The van der Waals surface area contributed by atoms with E-state index in [1.807, 2.05) is 18.2 Å². The van der Waals surface area contributed by atoms with Crippen molar-refractivity contribution in [1.82, 2.24) is 4.72 Å². The number of furan rings is 1. The molecule has 1 aromatic heterocycles. The summed E-state index contributed by atoms with van der Waals surface area (Å²) in [7, 11) is -5.78. The van der Waals surface area contributed by atoms with Crippen LogP contribution in [0.15, 0.2) is 53.1 Å². The van der Waals surface area contributed by atoms with Gasteiger partial charge in [-0.1, -0.05) is 35.9 Å². The Morgan fingerprint density at radius 3 is 2.74 bits per heavy atom. The molecule has 2 aromatic carbocycles. The van der Waals surface area contributed by atoms with E-state index >= 15 is 0 Å². The monoisotopic (exact) mass is 463 g/mol. The second kappa shape index (κ2) is 9.32. The van der Waals surface area contributed by atoms with E-state index in [0.717, 1.165) is 23.8 Å². The van der Waals surface area contributed by atoms with Crippen molar-refractivity contribution in [3.05, 3.63) is 70.4 Å². The summed E-state index contributed by atoms with van der Waals surface area (Å²) in [6.07, 6.45) is 3.07. The van der Waals surface area contributed by atoms with Gasteiger partial charge in [0, 0.05) is 17.0 Å².